The standard InChI is InChI=1S/C17H18N6OS/c24-16(14-11-23(22-19-14)13-8-4-5-9-13)18-10-15-20-21-17(25-15)12-6-2-1-3-7-12/h1-3,6-7,11,13H,4-5,8-10H2,(H,18,24). The summed E-state index contributed by atoms with van der Waals surface area (Å²) in [6.07, 6.45) is 6.38. The summed E-state index contributed by atoms with van der Waals surface area (Å²) in [7, 11) is 0. The molecule has 25 heavy (non-hydrogen) atoms. The normalized spacial score (nSPS) is 14.7. The van der Waals surface area contributed by atoms with Crippen LogP contribution in [0.5, 0.6) is 0 Å². The van der Waals surface area contributed by atoms with Crippen LogP contribution in [-0.2, 0) is 6.54 Å². The average molecular weight is 354 g/mol. The van der Waals surface area contributed by atoms with E-state index in [0.29, 0.717) is 18.3 Å². The lowest BCUT2D eigenvalue weighted by molar-refractivity contribution is 0.0945. The first-order valence-electron chi connectivity index (χ1n) is 8.37. The third kappa shape index (κ3) is 3.58. The second-order valence-corrected chi connectivity index (χ2v) is 7.13. The van der Waals surface area contributed by atoms with Crippen molar-refractivity contribution in [3.8, 4) is 10.6 Å². The zero-order chi connectivity index (χ0) is 17.1. The Morgan fingerprint density at radius 2 is 1.96 bits per heavy atom. The lowest BCUT2D eigenvalue weighted by Gasteiger charge is -2.06. The Bertz CT molecular complexity index is 853. The topological polar surface area (TPSA) is 85.6 Å². The summed E-state index contributed by atoms with van der Waals surface area (Å²) in [6.45, 7) is 0.333. The van der Waals surface area contributed by atoms with Gasteiger partial charge in [-0.1, -0.05) is 59.7 Å². The van der Waals surface area contributed by atoms with Crippen LogP contribution in [0, 0.1) is 0 Å². The SMILES string of the molecule is O=C(NCc1nnc(-c2ccccc2)s1)c1cn(C2CCCC2)nn1. The van der Waals surface area contributed by atoms with Gasteiger partial charge < -0.3 is 5.32 Å². The summed E-state index contributed by atoms with van der Waals surface area (Å²) in [4.78, 5) is 12.3. The molecule has 7 nitrogen and oxygen atoms in total. The van der Waals surface area contributed by atoms with Gasteiger partial charge in [-0.05, 0) is 12.8 Å². The van der Waals surface area contributed by atoms with Crippen molar-refractivity contribution < 1.29 is 4.79 Å². The molecule has 1 aliphatic carbocycles. The fraction of sp³-hybridized carbons (Fsp3) is 0.353. The van der Waals surface area contributed by atoms with Crippen molar-refractivity contribution in [2.45, 2.75) is 38.3 Å². The Morgan fingerprint density at radius 3 is 2.76 bits per heavy atom. The minimum atomic E-state index is -0.235. The molecule has 8 heteroatoms. The lowest BCUT2D eigenvalue weighted by atomic mass is 10.2. The zero-order valence-electron chi connectivity index (χ0n) is 13.6. The number of carbonyl (C=O) groups excluding carboxylic acids is 1. The lowest BCUT2D eigenvalue weighted by Crippen LogP contribution is -2.23. The molecule has 1 aromatic carbocycles. The molecule has 2 aromatic heterocycles. The van der Waals surface area contributed by atoms with Gasteiger partial charge >= 0.3 is 0 Å². The van der Waals surface area contributed by atoms with Gasteiger partial charge in [0.1, 0.15) is 10.0 Å². The molecule has 2 heterocycles. The molecule has 1 N–H and O–H groups in total. The quantitative estimate of drug-likeness (QED) is 0.761. The minimum absolute atomic E-state index is 0.235. The molecule has 1 fully saturated rings. The van der Waals surface area contributed by atoms with E-state index in [1.807, 2.05) is 35.0 Å². The van der Waals surface area contributed by atoms with Gasteiger partial charge in [0.15, 0.2) is 5.69 Å². The van der Waals surface area contributed by atoms with Crippen molar-refractivity contribution in [1.29, 1.82) is 0 Å². The van der Waals surface area contributed by atoms with Crippen LogP contribution in [0.3, 0.4) is 0 Å². The van der Waals surface area contributed by atoms with Crippen molar-refractivity contribution in [1.82, 2.24) is 30.5 Å². The van der Waals surface area contributed by atoms with Crippen LogP contribution < -0.4 is 5.32 Å². The first-order valence-corrected chi connectivity index (χ1v) is 9.19. The maximum Gasteiger partial charge on any atom is 0.273 e. The summed E-state index contributed by atoms with van der Waals surface area (Å²) in [6, 6.07) is 10.3. The fourth-order valence-electron chi connectivity index (χ4n) is 3.00. The second-order valence-electron chi connectivity index (χ2n) is 6.07. The van der Waals surface area contributed by atoms with Crippen molar-refractivity contribution in [3.63, 3.8) is 0 Å². The highest BCUT2D eigenvalue weighted by Crippen LogP contribution is 2.28. The van der Waals surface area contributed by atoms with E-state index in [2.05, 4.69) is 25.8 Å². The molecule has 1 saturated carbocycles. The predicted octanol–water partition coefficient (Wildman–Crippen LogP) is 2.84. The Morgan fingerprint density at radius 1 is 1.16 bits per heavy atom. The summed E-state index contributed by atoms with van der Waals surface area (Å²) < 4.78 is 1.82. The first kappa shape index (κ1) is 15.9. The summed E-state index contributed by atoms with van der Waals surface area (Å²) >= 11 is 1.47. The molecule has 0 unspecified atom stereocenters. The Labute approximate surface area is 149 Å². The van der Waals surface area contributed by atoms with Gasteiger partial charge in [-0.15, -0.1) is 15.3 Å². The summed E-state index contributed by atoms with van der Waals surface area (Å²) in [5.74, 6) is -0.235. The highest BCUT2D eigenvalue weighted by molar-refractivity contribution is 7.14. The zero-order valence-corrected chi connectivity index (χ0v) is 14.4. The fourth-order valence-corrected chi connectivity index (χ4v) is 3.78. The van der Waals surface area contributed by atoms with Crippen LogP contribution in [-0.4, -0.2) is 31.1 Å². The maximum absolute atomic E-state index is 12.3. The third-order valence-corrected chi connectivity index (χ3v) is 5.30. The number of nitrogens with one attached hydrogen (secondary N) is 1. The molecular formula is C17H18N6OS. The molecule has 0 radical (unpaired) electrons. The van der Waals surface area contributed by atoms with Gasteiger partial charge in [0.05, 0.1) is 18.8 Å². The number of benzene rings is 1. The molecule has 128 valence electrons. The van der Waals surface area contributed by atoms with E-state index in [4.69, 9.17) is 0 Å². The number of carbonyl (C=O) groups is 1. The highest BCUT2D eigenvalue weighted by atomic mass is 32.1. The highest BCUT2D eigenvalue weighted by Gasteiger charge is 2.20. The Hall–Kier alpha value is -2.61. The predicted molar refractivity (Wildman–Crippen MR) is 94.0 cm³/mol. The molecule has 0 aliphatic heterocycles. The molecule has 1 amide bonds. The second kappa shape index (κ2) is 7.10. The van der Waals surface area contributed by atoms with Crippen LogP contribution in [0.25, 0.3) is 10.6 Å². The van der Waals surface area contributed by atoms with E-state index >= 15 is 0 Å². The number of nitrogens with zero attached hydrogens (tertiary/aromatic N) is 5. The van der Waals surface area contributed by atoms with Gasteiger partial charge in [0, 0.05) is 5.56 Å². The molecule has 1 aliphatic rings. The largest absolute Gasteiger partial charge is 0.344 e. The number of hydrogen-bond donors (Lipinski definition) is 1. The number of amides is 1. The molecule has 4 rings (SSSR count). The van der Waals surface area contributed by atoms with E-state index in [1.54, 1.807) is 6.20 Å². The Kier molecular flexibility index (Phi) is 4.51. The van der Waals surface area contributed by atoms with Crippen LogP contribution in [0.2, 0.25) is 0 Å². The number of rotatable bonds is 5. The third-order valence-electron chi connectivity index (χ3n) is 4.33. The smallest absolute Gasteiger partial charge is 0.273 e. The first-order chi connectivity index (χ1) is 12.3. The van der Waals surface area contributed by atoms with Crippen LogP contribution in [0.15, 0.2) is 36.5 Å². The number of hydrogen-bond acceptors (Lipinski definition) is 6. The van der Waals surface area contributed by atoms with Gasteiger partial charge in [-0.25, -0.2) is 4.68 Å². The minimum Gasteiger partial charge on any atom is -0.344 e. The molecule has 3 aromatic rings. The van der Waals surface area contributed by atoms with Crippen LogP contribution in [0.4, 0.5) is 0 Å². The van der Waals surface area contributed by atoms with E-state index in [-0.39, 0.29) is 5.91 Å². The average Bonchev–Trinajstić information content (AvgIpc) is 3.41. The van der Waals surface area contributed by atoms with Gasteiger partial charge in [-0.2, -0.15) is 0 Å². The van der Waals surface area contributed by atoms with Gasteiger partial charge in [-0.3, -0.25) is 4.79 Å². The van der Waals surface area contributed by atoms with Crippen molar-refractivity contribution in [2.75, 3.05) is 0 Å². The molecule has 0 spiro atoms. The molecular weight excluding hydrogens is 336 g/mol. The number of aromatic nitrogens is 5. The summed E-state index contributed by atoms with van der Waals surface area (Å²) in [5, 5.41) is 20.9. The Balaban J connectivity index is 1.37. The van der Waals surface area contributed by atoms with Crippen molar-refractivity contribution >= 4 is 17.2 Å². The van der Waals surface area contributed by atoms with Crippen LogP contribution >= 0.6 is 11.3 Å². The van der Waals surface area contributed by atoms with Crippen molar-refractivity contribution in [3.05, 3.63) is 47.2 Å². The monoisotopic (exact) mass is 354 g/mol. The van der Waals surface area contributed by atoms with E-state index in [9.17, 15) is 4.79 Å². The van der Waals surface area contributed by atoms with E-state index in [1.165, 1.54) is 24.2 Å². The molecule has 0 atom stereocenters. The van der Waals surface area contributed by atoms with Gasteiger partial charge in [0.25, 0.3) is 5.91 Å². The maximum atomic E-state index is 12.3. The van der Waals surface area contributed by atoms with Crippen molar-refractivity contribution in [2.24, 2.45) is 0 Å². The summed E-state index contributed by atoms with van der Waals surface area (Å²) in [5.41, 5.74) is 1.37. The van der Waals surface area contributed by atoms with Gasteiger partial charge in [0.2, 0.25) is 0 Å². The molecule has 0 saturated heterocycles. The van der Waals surface area contributed by atoms with E-state index < -0.39 is 0 Å². The van der Waals surface area contributed by atoms with E-state index in [0.717, 1.165) is 28.4 Å². The molecule has 0 bridgehead atoms. The van der Waals surface area contributed by atoms with Crippen LogP contribution in [0.1, 0.15) is 47.2 Å².